The van der Waals surface area contributed by atoms with Crippen molar-refractivity contribution in [3.8, 4) is 0 Å². The molecule has 0 aromatic heterocycles. The molecule has 0 unspecified atom stereocenters. The van der Waals surface area contributed by atoms with E-state index in [0.29, 0.717) is 0 Å². The minimum atomic E-state index is -0.740. The Morgan fingerprint density at radius 3 is 1.92 bits per heavy atom. The summed E-state index contributed by atoms with van der Waals surface area (Å²) in [6.45, 7) is 10.8. The zero-order valence-electron chi connectivity index (χ0n) is 8.83. The van der Waals surface area contributed by atoms with Crippen molar-refractivity contribution in [1.82, 2.24) is 0 Å². The molecule has 0 spiro atoms. The molecule has 1 N–H and O–H groups in total. The van der Waals surface area contributed by atoms with Gasteiger partial charge in [-0.05, 0) is 18.8 Å². The minimum Gasteiger partial charge on any atom is -0.384 e. The van der Waals surface area contributed by atoms with E-state index in [1.165, 1.54) is 0 Å². The molecule has 0 rings (SSSR count). The summed E-state index contributed by atoms with van der Waals surface area (Å²) >= 11 is 0. The molecule has 0 saturated carbocycles. The van der Waals surface area contributed by atoms with Gasteiger partial charge in [0.2, 0.25) is 0 Å². The van der Waals surface area contributed by atoms with Gasteiger partial charge in [-0.3, -0.25) is 4.99 Å². The molecule has 0 atom stereocenters. The van der Waals surface area contributed by atoms with Gasteiger partial charge in [0.15, 0.2) is 0 Å². The van der Waals surface area contributed by atoms with E-state index in [1.807, 2.05) is 34.6 Å². The van der Waals surface area contributed by atoms with Crippen LogP contribution in [0.5, 0.6) is 0 Å². The molecule has 0 bridgehead atoms. The van der Waals surface area contributed by atoms with Crippen molar-refractivity contribution in [2.75, 3.05) is 6.54 Å². The lowest BCUT2D eigenvalue weighted by Gasteiger charge is -2.32. The predicted molar refractivity (Wildman–Crippen MR) is 53.7 cm³/mol. The van der Waals surface area contributed by atoms with Crippen LogP contribution in [0.25, 0.3) is 0 Å². The average Bonchev–Trinajstić information content (AvgIpc) is 1.99. The Morgan fingerprint density at radius 1 is 1.25 bits per heavy atom. The summed E-state index contributed by atoms with van der Waals surface area (Å²) < 4.78 is 0. The second-order valence-electron chi connectivity index (χ2n) is 3.82. The lowest BCUT2D eigenvalue weighted by atomic mass is 9.81. The predicted octanol–water partition coefficient (Wildman–Crippen LogP) is 2.12. The van der Waals surface area contributed by atoms with Gasteiger partial charge in [0.1, 0.15) is 5.60 Å². The third-order valence-corrected chi connectivity index (χ3v) is 2.33. The summed E-state index contributed by atoms with van der Waals surface area (Å²) in [5.74, 6) is 0.431. The van der Waals surface area contributed by atoms with Crippen LogP contribution in [0.3, 0.4) is 0 Å². The van der Waals surface area contributed by atoms with E-state index in [-0.39, 0.29) is 11.8 Å². The number of hydrogen-bond donors (Lipinski definition) is 1. The highest BCUT2D eigenvalue weighted by atomic mass is 16.3. The van der Waals surface area contributed by atoms with Gasteiger partial charge < -0.3 is 5.11 Å². The van der Waals surface area contributed by atoms with Gasteiger partial charge in [0.25, 0.3) is 0 Å². The Morgan fingerprint density at radius 2 is 1.67 bits per heavy atom. The zero-order valence-corrected chi connectivity index (χ0v) is 8.83. The van der Waals surface area contributed by atoms with E-state index >= 15 is 0 Å². The van der Waals surface area contributed by atoms with E-state index in [4.69, 9.17) is 0 Å². The van der Waals surface area contributed by atoms with Crippen LogP contribution in [0.2, 0.25) is 0 Å². The summed E-state index contributed by atoms with van der Waals surface area (Å²) in [4.78, 5) is 4.11. The van der Waals surface area contributed by atoms with Gasteiger partial charge in [-0.15, -0.1) is 0 Å². The highest BCUT2D eigenvalue weighted by Crippen LogP contribution is 2.23. The topological polar surface area (TPSA) is 32.6 Å². The Balaban J connectivity index is 4.51. The Kier molecular flexibility index (Phi) is 4.46. The van der Waals surface area contributed by atoms with Gasteiger partial charge in [0.05, 0.1) is 0 Å². The van der Waals surface area contributed by atoms with E-state index in [0.717, 1.165) is 6.54 Å². The molecule has 0 aromatic rings. The molecule has 0 radical (unpaired) electrons. The van der Waals surface area contributed by atoms with Crippen LogP contribution in [-0.2, 0) is 0 Å². The maximum atomic E-state index is 10.1. The second kappa shape index (κ2) is 4.61. The summed E-state index contributed by atoms with van der Waals surface area (Å²) in [5.41, 5.74) is -0.740. The fraction of sp³-hybridized carbons (Fsp3) is 0.900. The largest absolute Gasteiger partial charge is 0.384 e. The maximum Gasteiger partial charge on any atom is 0.104 e. The summed E-state index contributed by atoms with van der Waals surface area (Å²) in [6, 6.07) is 0. The zero-order chi connectivity index (χ0) is 9.78. The first-order chi connectivity index (χ1) is 5.45. The number of aliphatic hydroxyl groups is 1. The third kappa shape index (κ3) is 2.59. The quantitative estimate of drug-likeness (QED) is 0.646. The SMILES string of the molecule is CCN=CC(O)(C(C)C)C(C)C. The van der Waals surface area contributed by atoms with Crippen LogP contribution in [0.1, 0.15) is 34.6 Å². The molecule has 2 nitrogen and oxygen atoms in total. The normalized spacial score (nSPS) is 13.7. The van der Waals surface area contributed by atoms with Gasteiger partial charge >= 0.3 is 0 Å². The van der Waals surface area contributed by atoms with Crippen LogP contribution in [0.4, 0.5) is 0 Å². The van der Waals surface area contributed by atoms with Crippen molar-refractivity contribution >= 4 is 6.21 Å². The standard InChI is InChI=1S/C10H21NO/c1-6-11-7-10(12,8(2)3)9(4)5/h7-9,12H,6H2,1-5H3. The lowest BCUT2D eigenvalue weighted by Crippen LogP contribution is -2.42. The smallest absolute Gasteiger partial charge is 0.104 e. The van der Waals surface area contributed by atoms with Gasteiger partial charge in [-0.25, -0.2) is 0 Å². The molecule has 0 aromatic carbocycles. The van der Waals surface area contributed by atoms with E-state index in [2.05, 4.69) is 4.99 Å². The first-order valence-electron chi connectivity index (χ1n) is 4.68. The van der Waals surface area contributed by atoms with Crippen molar-refractivity contribution in [3.63, 3.8) is 0 Å². The molecule has 72 valence electrons. The summed E-state index contributed by atoms with van der Waals surface area (Å²) in [6.07, 6.45) is 1.70. The van der Waals surface area contributed by atoms with Crippen LogP contribution in [0, 0.1) is 11.8 Å². The van der Waals surface area contributed by atoms with Crippen molar-refractivity contribution in [2.24, 2.45) is 16.8 Å². The second-order valence-corrected chi connectivity index (χ2v) is 3.82. The molecular formula is C10H21NO. The van der Waals surface area contributed by atoms with Crippen LogP contribution in [0.15, 0.2) is 4.99 Å². The van der Waals surface area contributed by atoms with E-state index in [9.17, 15) is 5.11 Å². The molecule has 2 heteroatoms. The highest BCUT2D eigenvalue weighted by Gasteiger charge is 2.32. The Hall–Kier alpha value is -0.370. The van der Waals surface area contributed by atoms with Crippen LogP contribution in [-0.4, -0.2) is 23.5 Å². The summed E-state index contributed by atoms with van der Waals surface area (Å²) in [7, 11) is 0. The molecule has 0 aliphatic heterocycles. The first kappa shape index (κ1) is 11.6. The van der Waals surface area contributed by atoms with E-state index < -0.39 is 5.60 Å². The Bertz CT molecular complexity index is 142. The number of hydrogen-bond acceptors (Lipinski definition) is 2. The van der Waals surface area contributed by atoms with Crippen molar-refractivity contribution in [3.05, 3.63) is 0 Å². The average molecular weight is 171 g/mol. The molecule has 0 aliphatic carbocycles. The van der Waals surface area contributed by atoms with Crippen LogP contribution >= 0.6 is 0 Å². The lowest BCUT2D eigenvalue weighted by molar-refractivity contribution is 0.0241. The molecule has 0 saturated heterocycles. The van der Waals surface area contributed by atoms with Crippen LogP contribution < -0.4 is 0 Å². The Labute approximate surface area is 75.7 Å². The molecule has 0 amide bonds. The van der Waals surface area contributed by atoms with Crippen molar-refractivity contribution < 1.29 is 5.11 Å². The number of nitrogens with zero attached hydrogens (tertiary/aromatic N) is 1. The highest BCUT2D eigenvalue weighted by molar-refractivity contribution is 5.69. The first-order valence-corrected chi connectivity index (χ1v) is 4.68. The third-order valence-electron chi connectivity index (χ3n) is 2.33. The molecule has 0 heterocycles. The fourth-order valence-electron chi connectivity index (χ4n) is 1.20. The monoisotopic (exact) mass is 171 g/mol. The number of aliphatic imine (C=N–C) groups is 1. The molecule has 12 heavy (non-hydrogen) atoms. The number of rotatable bonds is 4. The fourth-order valence-corrected chi connectivity index (χ4v) is 1.20. The molecular weight excluding hydrogens is 150 g/mol. The van der Waals surface area contributed by atoms with Gasteiger partial charge in [-0.1, -0.05) is 27.7 Å². The summed E-state index contributed by atoms with van der Waals surface area (Å²) in [5, 5.41) is 10.1. The van der Waals surface area contributed by atoms with E-state index in [1.54, 1.807) is 6.21 Å². The van der Waals surface area contributed by atoms with Crippen molar-refractivity contribution in [1.29, 1.82) is 0 Å². The maximum absolute atomic E-state index is 10.1. The molecule has 0 fully saturated rings. The van der Waals surface area contributed by atoms with Gasteiger partial charge in [0, 0.05) is 12.8 Å². The minimum absolute atomic E-state index is 0.216. The molecule has 0 aliphatic rings. The van der Waals surface area contributed by atoms with Gasteiger partial charge in [-0.2, -0.15) is 0 Å². The van der Waals surface area contributed by atoms with Crippen molar-refractivity contribution in [2.45, 2.75) is 40.2 Å².